The van der Waals surface area contributed by atoms with Gasteiger partial charge in [0.15, 0.2) is 0 Å². The van der Waals surface area contributed by atoms with Crippen molar-refractivity contribution < 1.29 is 5.11 Å². The molecule has 0 aliphatic heterocycles. The van der Waals surface area contributed by atoms with Gasteiger partial charge in [-0.3, -0.25) is 4.98 Å². The number of rotatable bonds is 4. The van der Waals surface area contributed by atoms with Crippen molar-refractivity contribution in [3.63, 3.8) is 0 Å². The topological polar surface area (TPSA) is 90.9 Å². The Balaban J connectivity index is 2.04. The van der Waals surface area contributed by atoms with Crippen molar-refractivity contribution in [2.45, 2.75) is 13.3 Å². The molecule has 0 spiro atoms. The van der Waals surface area contributed by atoms with E-state index in [-0.39, 0.29) is 5.57 Å². The monoisotopic (exact) mass is 334 g/mol. The number of allylic oxidation sites excluding steroid dienone is 1. The van der Waals surface area contributed by atoms with Crippen LogP contribution in [0, 0.1) is 11.3 Å². The molecule has 0 saturated heterocycles. The van der Waals surface area contributed by atoms with E-state index in [1.54, 1.807) is 18.7 Å². The van der Waals surface area contributed by atoms with Crippen LogP contribution in [0.5, 0.6) is 0 Å². The lowest BCUT2D eigenvalue weighted by Gasteiger charge is -2.21. The summed E-state index contributed by atoms with van der Waals surface area (Å²) in [4.78, 5) is 15.0. The molecular formula is C18H18N6O. The van der Waals surface area contributed by atoms with E-state index in [0.29, 0.717) is 5.69 Å². The molecule has 0 saturated carbocycles. The van der Waals surface area contributed by atoms with Crippen LogP contribution in [-0.4, -0.2) is 31.7 Å². The molecule has 126 valence electrons. The Morgan fingerprint density at radius 3 is 2.80 bits per heavy atom. The summed E-state index contributed by atoms with van der Waals surface area (Å²) in [6.07, 6.45) is 6.74. The molecule has 3 rings (SSSR count). The summed E-state index contributed by atoms with van der Waals surface area (Å²) in [6, 6.07) is 5.73. The minimum Gasteiger partial charge on any atom is -0.514 e. The minimum atomic E-state index is 0.137. The second-order valence-electron chi connectivity index (χ2n) is 5.65. The highest BCUT2D eigenvalue weighted by molar-refractivity contribution is 5.80. The number of imidazole rings is 1. The highest BCUT2D eigenvalue weighted by Crippen LogP contribution is 2.28. The highest BCUT2D eigenvalue weighted by atomic mass is 16.2. The Bertz CT molecular complexity index is 998. The summed E-state index contributed by atoms with van der Waals surface area (Å²) in [5, 5.41) is 18.2. The quantitative estimate of drug-likeness (QED) is 0.582. The maximum atomic E-state index is 9.15. The number of aromatic nitrogens is 4. The SMILES string of the molecule is CCc1cc(/C(C#N)=C\O)ncc1N(C)c1cc2c(cn1)ncn2C. The van der Waals surface area contributed by atoms with Crippen LogP contribution < -0.4 is 4.90 Å². The van der Waals surface area contributed by atoms with Gasteiger partial charge in [-0.1, -0.05) is 6.92 Å². The molecule has 0 unspecified atom stereocenters. The maximum Gasteiger partial charge on any atom is 0.134 e. The van der Waals surface area contributed by atoms with Crippen LogP contribution in [0.25, 0.3) is 16.6 Å². The number of nitrogens with zero attached hydrogens (tertiary/aromatic N) is 6. The summed E-state index contributed by atoms with van der Waals surface area (Å²) < 4.78 is 1.95. The van der Waals surface area contributed by atoms with Crippen molar-refractivity contribution in [1.82, 2.24) is 19.5 Å². The van der Waals surface area contributed by atoms with Crippen LogP contribution in [0.2, 0.25) is 0 Å². The molecule has 3 heterocycles. The van der Waals surface area contributed by atoms with E-state index in [9.17, 15) is 0 Å². The zero-order valence-corrected chi connectivity index (χ0v) is 14.3. The molecule has 0 aromatic carbocycles. The lowest BCUT2D eigenvalue weighted by Crippen LogP contribution is -2.14. The van der Waals surface area contributed by atoms with Gasteiger partial charge in [0.2, 0.25) is 0 Å². The molecule has 3 aromatic rings. The Morgan fingerprint density at radius 1 is 1.32 bits per heavy atom. The van der Waals surface area contributed by atoms with Gasteiger partial charge in [0, 0.05) is 20.2 Å². The van der Waals surface area contributed by atoms with Crippen molar-refractivity contribution in [3.05, 3.63) is 48.4 Å². The van der Waals surface area contributed by atoms with Crippen LogP contribution in [0.3, 0.4) is 0 Å². The van der Waals surface area contributed by atoms with Crippen LogP contribution >= 0.6 is 0 Å². The first kappa shape index (κ1) is 16.5. The smallest absolute Gasteiger partial charge is 0.134 e. The molecule has 1 N–H and O–H groups in total. The Hall–Kier alpha value is -3.40. The van der Waals surface area contributed by atoms with Gasteiger partial charge >= 0.3 is 0 Å². The number of aliphatic hydroxyl groups is 1. The van der Waals surface area contributed by atoms with Crippen molar-refractivity contribution >= 4 is 28.1 Å². The number of aryl methyl sites for hydroxylation is 2. The number of hydrogen-bond donors (Lipinski definition) is 1. The zero-order valence-electron chi connectivity index (χ0n) is 14.3. The summed E-state index contributed by atoms with van der Waals surface area (Å²) in [5.74, 6) is 0.776. The van der Waals surface area contributed by atoms with E-state index >= 15 is 0 Å². The normalized spacial score (nSPS) is 11.5. The van der Waals surface area contributed by atoms with Crippen molar-refractivity contribution in [3.8, 4) is 6.07 Å². The molecule has 0 atom stereocenters. The van der Waals surface area contributed by atoms with Gasteiger partial charge in [0.05, 0.1) is 41.9 Å². The van der Waals surface area contributed by atoms with E-state index in [2.05, 4.69) is 15.0 Å². The van der Waals surface area contributed by atoms with Gasteiger partial charge in [-0.05, 0) is 18.1 Å². The Labute approximate surface area is 145 Å². The molecule has 7 heteroatoms. The van der Waals surface area contributed by atoms with Gasteiger partial charge in [-0.25, -0.2) is 9.97 Å². The maximum absolute atomic E-state index is 9.15. The van der Waals surface area contributed by atoms with Crippen molar-refractivity contribution in [2.75, 3.05) is 11.9 Å². The summed E-state index contributed by atoms with van der Waals surface area (Å²) in [5.41, 5.74) is 4.34. The second-order valence-corrected chi connectivity index (χ2v) is 5.65. The standard InChI is InChI=1S/C18H18N6O/c1-4-12-5-14(13(7-19)10-25)20-9-17(12)24(3)18-6-16-15(8-21-18)22-11-23(16)2/h5-6,8-11,25H,4H2,1-3H3/b13-10-. The predicted octanol–water partition coefficient (Wildman–Crippen LogP) is 3.12. The minimum absolute atomic E-state index is 0.137. The van der Waals surface area contributed by atoms with E-state index in [1.165, 1.54) is 0 Å². The number of anilines is 2. The first-order valence-corrected chi connectivity index (χ1v) is 7.83. The van der Waals surface area contributed by atoms with Crippen LogP contribution in [0.1, 0.15) is 18.2 Å². The fourth-order valence-corrected chi connectivity index (χ4v) is 2.70. The summed E-state index contributed by atoms with van der Waals surface area (Å²) in [7, 11) is 3.87. The van der Waals surface area contributed by atoms with Gasteiger partial charge in [-0.15, -0.1) is 0 Å². The molecular weight excluding hydrogens is 316 g/mol. The van der Waals surface area contributed by atoms with Crippen LogP contribution in [-0.2, 0) is 13.5 Å². The molecule has 0 amide bonds. The van der Waals surface area contributed by atoms with E-state index < -0.39 is 0 Å². The highest BCUT2D eigenvalue weighted by Gasteiger charge is 2.14. The predicted molar refractivity (Wildman–Crippen MR) is 96.4 cm³/mol. The number of aliphatic hydroxyl groups excluding tert-OH is 1. The van der Waals surface area contributed by atoms with Gasteiger partial charge < -0.3 is 14.6 Å². The number of fused-ring (bicyclic) bond motifs is 1. The lowest BCUT2D eigenvalue weighted by atomic mass is 10.1. The van der Waals surface area contributed by atoms with Crippen LogP contribution in [0.15, 0.2) is 37.1 Å². The molecule has 0 aliphatic rings. The number of hydrogen-bond acceptors (Lipinski definition) is 6. The summed E-state index contributed by atoms with van der Waals surface area (Å²) >= 11 is 0. The first-order valence-electron chi connectivity index (χ1n) is 7.83. The average Bonchev–Trinajstić information content (AvgIpc) is 3.02. The van der Waals surface area contributed by atoms with E-state index in [4.69, 9.17) is 10.4 Å². The van der Waals surface area contributed by atoms with Gasteiger partial charge in [0.25, 0.3) is 0 Å². The lowest BCUT2D eigenvalue weighted by molar-refractivity contribution is 0.476. The van der Waals surface area contributed by atoms with Crippen molar-refractivity contribution in [2.24, 2.45) is 7.05 Å². The number of pyridine rings is 2. The summed E-state index contributed by atoms with van der Waals surface area (Å²) in [6.45, 7) is 2.03. The Kier molecular flexibility index (Phi) is 4.35. The third kappa shape index (κ3) is 2.90. The van der Waals surface area contributed by atoms with Gasteiger partial charge in [-0.2, -0.15) is 5.26 Å². The molecule has 0 aliphatic carbocycles. The average molecular weight is 334 g/mol. The molecule has 25 heavy (non-hydrogen) atoms. The molecule has 0 radical (unpaired) electrons. The fraction of sp³-hybridized carbons (Fsp3) is 0.222. The fourth-order valence-electron chi connectivity index (χ4n) is 2.70. The Morgan fingerprint density at radius 2 is 2.12 bits per heavy atom. The largest absolute Gasteiger partial charge is 0.514 e. The van der Waals surface area contributed by atoms with E-state index in [0.717, 1.165) is 40.8 Å². The zero-order chi connectivity index (χ0) is 18.0. The number of nitriles is 1. The van der Waals surface area contributed by atoms with Crippen molar-refractivity contribution in [1.29, 1.82) is 5.26 Å². The van der Waals surface area contributed by atoms with Gasteiger partial charge in [0.1, 0.15) is 23.0 Å². The third-order valence-electron chi connectivity index (χ3n) is 4.17. The van der Waals surface area contributed by atoms with Crippen LogP contribution in [0.4, 0.5) is 11.5 Å². The van der Waals surface area contributed by atoms with E-state index in [1.807, 2.05) is 48.7 Å². The third-order valence-corrected chi connectivity index (χ3v) is 4.17. The second kappa shape index (κ2) is 6.61. The molecule has 7 nitrogen and oxygen atoms in total. The molecule has 0 bridgehead atoms. The molecule has 0 fully saturated rings. The molecule has 3 aromatic heterocycles. The first-order chi connectivity index (χ1) is 12.1.